The minimum atomic E-state index is -0.136. The van der Waals surface area contributed by atoms with Crippen molar-refractivity contribution in [2.45, 2.75) is 10.4 Å². The number of thioether (sulfide) groups is 1. The highest BCUT2D eigenvalue weighted by molar-refractivity contribution is 8.00. The van der Waals surface area contributed by atoms with Gasteiger partial charge in [-0.2, -0.15) is 0 Å². The SMILES string of the molecule is NC1Sc2ccccc2N1c1ccc(Oc2ncccc2N2CCOCC2)cc1. The lowest BCUT2D eigenvalue weighted by Crippen LogP contribution is -2.36. The van der Waals surface area contributed by atoms with Crippen LogP contribution < -0.4 is 20.3 Å². The molecule has 29 heavy (non-hydrogen) atoms. The number of anilines is 3. The lowest BCUT2D eigenvalue weighted by Gasteiger charge is -2.29. The number of rotatable bonds is 4. The fraction of sp³-hybridized carbons (Fsp3) is 0.227. The molecule has 2 aliphatic rings. The number of para-hydroxylation sites is 1. The van der Waals surface area contributed by atoms with Gasteiger partial charge in [0.05, 0.1) is 18.9 Å². The zero-order chi connectivity index (χ0) is 19.6. The van der Waals surface area contributed by atoms with Crippen molar-refractivity contribution in [1.82, 2.24) is 4.98 Å². The maximum absolute atomic E-state index is 6.36. The Kier molecular flexibility index (Phi) is 5.01. The highest BCUT2D eigenvalue weighted by Crippen LogP contribution is 2.45. The summed E-state index contributed by atoms with van der Waals surface area (Å²) < 4.78 is 11.6. The van der Waals surface area contributed by atoms with E-state index in [9.17, 15) is 0 Å². The minimum Gasteiger partial charge on any atom is -0.437 e. The molecule has 0 bridgehead atoms. The van der Waals surface area contributed by atoms with Crippen LogP contribution in [0.5, 0.6) is 11.6 Å². The number of morpholine rings is 1. The van der Waals surface area contributed by atoms with Gasteiger partial charge in [-0.3, -0.25) is 0 Å². The van der Waals surface area contributed by atoms with E-state index in [4.69, 9.17) is 15.2 Å². The second-order valence-corrected chi connectivity index (χ2v) is 8.03. The van der Waals surface area contributed by atoms with Gasteiger partial charge in [-0.25, -0.2) is 4.98 Å². The number of hydrogen-bond acceptors (Lipinski definition) is 7. The fourth-order valence-corrected chi connectivity index (χ4v) is 4.70. The predicted octanol–water partition coefficient (Wildman–Crippen LogP) is 4.20. The van der Waals surface area contributed by atoms with E-state index >= 15 is 0 Å². The van der Waals surface area contributed by atoms with Gasteiger partial charge in [-0.1, -0.05) is 23.9 Å². The number of pyridine rings is 1. The molecule has 6 nitrogen and oxygen atoms in total. The normalized spacial score (nSPS) is 18.6. The number of hydrogen-bond donors (Lipinski definition) is 1. The molecular weight excluding hydrogens is 384 g/mol. The first-order chi connectivity index (χ1) is 14.3. The third-order valence-electron chi connectivity index (χ3n) is 5.06. The fourth-order valence-electron chi connectivity index (χ4n) is 3.65. The summed E-state index contributed by atoms with van der Waals surface area (Å²) in [5.41, 5.74) is 9.39. The van der Waals surface area contributed by atoms with Crippen LogP contribution in [0.4, 0.5) is 17.1 Å². The maximum Gasteiger partial charge on any atom is 0.243 e. The van der Waals surface area contributed by atoms with Crippen LogP contribution in [0.25, 0.3) is 0 Å². The van der Waals surface area contributed by atoms with E-state index in [0.717, 1.165) is 49.1 Å². The molecule has 0 spiro atoms. The van der Waals surface area contributed by atoms with Crippen LogP contribution in [0.2, 0.25) is 0 Å². The second kappa shape index (κ2) is 7.94. The van der Waals surface area contributed by atoms with Crippen LogP contribution >= 0.6 is 11.8 Å². The highest BCUT2D eigenvalue weighted by atomic mass is 32.2. The van der Waals surface area contributed by atoms with Crippen molar-refractivity contribution in [1.29, 1.82) is 0 Å². The molecule has 0 aliphatic carbocycles. The van der Waals surface area contributed by atoms with Gasteiger partial charge in [0.25, 0.3) is 0 Å². The Bertz CT molecular complexity index is 992. The highest BCUT2D eigenvalue weighted by Gasteiger charge is 2.28. The van der Waals surface area contributed by atoms with E-state index in [-0.39, 0.29) is 5.50 Å². The molecule has 1 atom stereocenters. The van der Waals surface area contributed by atoms with Crippen LogP contribution in [-0.4, -0.2) is 36.8 Å². The minimum absolute atomic E-state index is 0.136. The van der Waals surface area contributed by atoms with E-state index in [2.05, 4.69) is 26.9 Å². The standard InChI is InChI=1S/C22H22N4O2S/c23-22-26(18-4-1-2-6-20(18)29-22)16-7-9-17(10-8-16)28-21-19(5-3-11-24-21)25-12-14-27-15-13-25/h1-11,22H,12-15,23H2. The van der Waals surface area contributed by atoms with Gasteiger partial charge < -0.3 is 25.0 Å². The Hall–Kier alpha value is -2.74. The first-order valence-corrected chi connectivity index (χ1v) is 10.5. The van der Waals surface area contributed by atoms with Crippen molar-refractivity contribution in [2.24, 2.45) is 5.73 Å². The number of aromatic nitrogens is 1. The summed E-state index contributed by atoms with van der Waals surface area (Å²) in [6, 6.07) is 20.3. The lowest BCUT2D eigenvalue weighted by molar-refractivity contribution is 0.122. The van der Waals surface area contributed by atoms with Crippen molar-refractivity contribution in [3.63, 3.8) is 0 Å². The monoisotopic (exact) mass is 406 g/mol. The van der Waals surface area contributed by atoms with Crippen LogP contribution in [0.3, 0.4) is 0 Å². The Balaban J connectivity index is 1.37. The molecule has 5 rings (SSSR count). The average Bonchev–Trinajstić information content (AvgIpc) is 3.11. The molecule has 2 aromatic carbocycles. The van der Waals surface area contributed by atoms with Crippen molar-refractivity contribution in [2.75, 3.05) is 36.1 Å². The molecular formula is C22H22N4O2S. The van der Waals surface area contributed by atoms with Crippen LogP contribution in [0, 0.1) is 0 Å². The summed E-state index contributed by atoms with van der Waals surface area (Å²) in [4.78, 5) is 10.0. The van der Waals surface area contributed by atoms with E-state index < -0.39 is 0 Å². The molecule has 7 heteroatoms. The average molecular weight is 407 g/mol. The maximum atomic E-state index is 6.36. The third-order valence-corrected chi connectivity index (χ3v) is 6.11. The first kappa shape index (κ1) is 18.3. The zero-order valence-corrected chi connectivity index (χ0v) is 16.7. The van der Waals surface area contributed by atoms with Crippen molar-refractivity contribution < 1.29 is 9.47 Å². The summed E-state index contributed by atoms with van der Waals surface area (Å²) in [7, 11) is 0. The van der Waals surface area contributed by atoms with E-state index in [1.54, 1.807) is 18.0 Å². The molecule has 148 valence electrons. The molecule has 1 unspecified atom stereocenters. The van der Waals surface area contributed by atoms with Crippen LogP contribution in [0.15, 0.2) is 71.8 Å². The molecule has 2 aliphatic heterocycles. The molecule has 1 aromatic heterocycles. The molecule has 1 saturated heterocycles. The molecule has 3 heterocycles. The van der Waals surface area contributed by atoms with E-state index in [0.29, 0.717) is 5.88 Å². The summed E-state index contributed by atoms with van der Waals surface area (Å²) in [5.74, 6) is 1.36. The molecule has 3 aromatic rings. The Morgan fingerprint density at radius 3 is 2.55 bits per heavy atom. The largest absolute Gasteiger partial charge is 0.437 e. The molecule has 0 amide bonds. The Morgan fingerprint density at radius 1 is 0.966 bits per heavy atom. The molecule has 0 radical (unpaired) electrons. The zero-order valence-electron chi connectivity index (χ0n) is 15.9. The summed E-state index contributed by atoms with van der Waals surface area (Å²) in [5, 5.41) is 0. The van der Waals surface area contributed by atoms with E-state index in [1.807, 2.05) is 48.5 Å². The quantitative estimate of drug-likeness (QED) is 0.697. The first-order valence-electron chi connectivity index (χ1n) is 9.66. The van der Waals surface area contributed by atoms with Crippen LogP contribution in [-0.2, 0) is 4.74 Å². The summed E-state index contributed by atoms with van der Waals surface area (Å²) in [6.45, 7) is 3.12. The number of nitrogens with zero attached hydrogens (tertiary/aromatic N) is 3. The summed E-state index contributed by atoms with van der Waals surface area (Å²) >= 11 is 1.67. The van der Waals surface area contributed by atoms with Gasteiger partial charge in [0.15, 0.2) is 0 Å². The second-order valence-electron chi connectivity index (χ2n) is 6.87. The molecule has 2 N–H and O–H groups in total. The van der Waals surface area contributed by atoms with Gasteiger partial charge in [-0.05, 0) is 48.5 Å². The van der Waals surface area contributed by atoms with Crippen molar-refractivity contribution in [3.8, 4) is 11.6 Å². The van der Waals surface area contributed by atoms with Crippen molar-refractivity contribution in [3.05, 3.63) is 66.9 Å². The Labute approximate surface area is 174 Å². The van der Waals surface area contributed by atoms with Gasteiger partial charge in [0, 0.05) is 29.9 Å². The van der Waals surface area contributed by atoms with Crippen molar-refractivity contribution >= 4 is 28.8 Å². The van der Waals surface area contributed by atoms with Crippen LogP contribution in [0.1, 0.15) is 0 Å². The number of fused-ring (bicyclic) bond motifs is 1. The van der Waals surface area contributed by atoms with E-state index in [1.165, 1.54) is 4.90 Å². The predicted molar refractivity (Wildman–Crippen MR) is 116 cm³/mol. The molecule has 1 fully saturated rings. The number of ether oxygens (including phenoxy) is 2. The van der Waals surface area contributed by atoms with Gasteiger partial charge >= 0.3 is 0 Å². The number of benzene rings is 2. The summed E-state index contributed by atoms with van der Waals surface area (Å²) in [6.07, 6.45) is 1.76. The van der Waals surface area contributed by atoms with Gasteiger partial charge in [0.1, 0.15) is 16.9 Å². The lowest BCUT2D eigenvalue weighted by atomic mass is 10.2. The van der Waals surface area contributed by atoms with Gasteiger partial charge in [-0.15, -0.1) is 0 Å². The van der Waals surface area contributed by atoms with Gasteiger partial charge in [0.2, 0.25) is 5.88 Å². The topological polar surface area (TPSA) is 63.8 Å². The molecule has 0 saturated carbocycles. The third kappa shape index (κ3) is 3.64. The number of nitrogens with two attached hydrogens (primary N) is 1. The Morgan fingerprint density at radius 2 is 1.72 bits per heavy atom. The smallest absolute Gasteiger partial charge is 0.243 e.